The highest BCUT2D eigenvalue weighted by atomic mass is 16.5. The molecule has 0 atom stereocenters. The van der Waals surface area contributed by atoms with Gasteiger partial charge in [-0.15, -0.1) is 0 Å². The molecule has 3 N–H and O–H groups in total. The summed E-state index contributed by atoms with van der Waals surface area (Å²) in [5.74, 6) is -0.413. The van der Waals surface area contributed by atoms with Gasteiger partial charge in [0.05, 0.1) is 37.3 Å². The summed E-state index contributed by atoms with van der Waals surface area (Å²) in [6.07, 6.45) is 1.02. The first kappa shape index (κ1) is 15.6. The van der Waals surface area contributed by atoms with E-state index in [1.807, 2.05) is 6.07 Å². The minimum atomic E-state index is -0.413. The largest absolute Gasteiger partial charge is 0.465 e. The van der Waals surface area contributed by atoms with Crippen molar-refractivity contribution in [1.29, 1.82) is 0 Å². The summed E-state index contributed by atoms with van der Waals surface area (Å²) in [5, 5.41) is 3.28. The molecule has 1 fully saturated rings. The van der Waals surface area contributed by atoms with Crippen molar-refractivity contribution in [1.82, 2.24) is 4.90 Å². The summed E-state index contributed by atoms with van der Waals surface area (Å²) in [6.45, 7) is 5.49. The molecule has 1 aromatic carbocycles. The van der Waals surface area contributed by atoms with Gasteiger partial charge in [0, 0.05) is 19.6 Å². The van der Waals surface area contributed by atoms with Gasteiger partial charge in [0.25, 0.3) is 0 Å². The minimum Gasteiger partial charge on any atom is -0.465 e. The number of para-hydroxylation sites is 1. The topological polar surface area (TPSA) is 76.8 Å². The highest BCUT2D eigenvalue weighted by Gasteiger charge is 2.13. The van der Waals surface area contributed by atoms with E-state index in [1.165, 1.54) is 7.11 Å². The number of nitrogens with one attached hydrogen (secondary N) is 1. The Kier molecular flexibility index (Phi) is 5.83. The van der Waals surface area contributed by atoms with Crippen molar-refractivity contribution in [3.05, 3.63) is 23.8 Å². The fourth-order valence-corrected chi connectivity index (χ4v) is 2.36. The Balaban J connectivity index is 1.81. The first-order valence-corrected chi connectivity index (χ1v) is 7.23. The highest BCUT2D eigenvalue weighted by Crippen LogP contribution is 2.23. The zero-order valence-electron chi connectivity index (χ0n) is 12.4. The number of rotatable bonds is 6. The molecular weight excluding hydrogens is 270 g/mol. The molecule has 0 spiro atoms. The molecule has 6 heteroatoms. The molecule has 0 aromatic heterocycles. The van der Waals surface area contributed by atoms with Crippen LogP contribution in [-0.4, -0.2) is 57.4 Å². The van der Waals surface area contributed by atoms with Gasteiger partial charge in [-0.2, -0.15) is 0 Å². The number of carbonyl (C=O) groups excluding carboxylic acids is 1. The number of nitrogen functional groups attached to an aromatic ring is 1. The summed E-state index contributed by atoms with van der Waals surface area (Å²) < 4.78 is 10.0. The number of hydrogen-bond acceptors (Lipinski definition) is 6. The Hall–Kier alpha value is -1.79. The molecule has 2 rings (SSSR count). The highest BCUT2D eigenvalue weighted by molar-refractivity contribution is 5.98. The van der Waals surface area contributed by atoms with E-state index in [0.717, 1.165) is 51.5 Å². The van der Waals surface area contributed by atoms with Crippen molar-refractivity contribution in [2.24, 2.45) is 0 Å². The van der Waals surface area contributed by atoms with Crippen molar-refractivity contribution in [3.63, 3.8) is 0 Å². The van der Waals surface area contributed by atoms with Crippen LogP contribution in [0, 0.1) is 0 Å². The molecule has 1 aliphatic heterocycles. The summed E-state index contributed by atoms with van der Waals surface area (Å²) in [6, 6.07) is 5.34. The molecule has 1 heterocycles. The van der Waals surface area contributed by atoms with Crippen LogP contribution in [0.15, 0.2) is 18.2 Å². The third kappa shape index (κ3) is 4.34. The van der Waals surface area contributed by atoms with E-state index < -0.39 is 5.97 Å². The van der Waals surface area contributed by atoms with Gasteiger partial charge in [-0.25, -0.2) is 4.79 Å². The predicted molar refractivity (Wildman–Crippen MR) is 82.6 cm³/mol. The lowest BCUT2D eigenvalue weighted by atomic mass is 10.1. The quantitative estimate of drug-likeness (QED) is 0.466. The van der Waals surface area contributed by atoms with E-state index >= 15 is 0 Å². The van der Waals surface area contributed by atoms with Crippen LogP contribution in [0.1, 0.15) is 16.8 Å². The average Bonchev–Trinajstić information content (AvgIpc) is 2.53. The standard InChI is InChI=1S/C15H23N3O3/c1-20-15(19)12-4-2-5-13(14(12)16)17-6-3-7-18-8-10-21-11-9-18/h2,4-5,17H,3,6-11,16H2,1H3. The maximum absolute atomic E-state index is 11.6. The van der Waals surface area contributed by atoms with Crippen LogP contribution < -0.4 is 11.1 Å². The van der Waals surface area contributed by atoms with Crippen molar-refractivity contribution in [2.45, 2.75) is 6.42 Å². The van der Waals surface area contributed by atoms with Crippen LogP contribution in [0.3, 0.4) is 0 Å². The monoisotopic (exact) mass is 293 g/mol. The summed E-state index contributed by atoms with van der Waals surface area (Å²) >= 11 is 0. The predicted octanol–water partition coefficient (Wildman–Crippen LogP) is 1.19. The molecule has 1 aliphatic rings. The second kappa shape index (κ2) is 7.85. The number of esters is 1. The fourth-order valence-electron chi connectivity index (χ4n) is 2.36. The zero-order valence-corrected chi connectivity index (χ0v) is 12.4. The normalized spacial score (nSPS) is 15.7. The second-order valence-corrected chi connectivity index (χ2v) is 4.99. The van der Waals surface area contributed by atoms with E-state index in [9.17, 15) is 4.79 Å². The molecule has 1 saturated heterocycles. The fraction of sp³-hybridized carbons (Fsp3) is 0.533. The number of nitrogens with zero attached hydrogens (tertiary/aromatic N) is 1. The number of benzene rings is 1. The molecule has 0 unspecified atom stereocenters. The summed E-state index contributed by atoms with van der Waals surface area (Å²) in [7, 11) is 1.35. The Morgan fingerprint density at radius 3 is 2.90 bits per heavy atom. The first-order valence-electron chi connectivity index (χ1n) is 7.23. The smallest absolute Gasteiger partial charge is 0.340 e. The van der Waals surface area contributed by atoms with Gasteiger partial charge in [0.15, 0.2) is 0 Å². The molecule has 0 aliphatic carbocycles. The molecule has 21 heavy (non-hydrogen) atoms. The van der Waals surface area contributed by atoms with Crippen LogP contribution in [0.2, 0.25) is 0 Å². The third-order valence-electron chi connectivity index (χ3n) is 3.58. The van der Waals surface area contributed by atoms with Crippen LogP contribution in [0.5, 0.6) is 0 Å². The lowest BCUT2D eigenvalue weighted by Gasteiger charge is -2.26. The lowest BCUT2D eigenvalue weighted by Crippen LogP contribution is -2.37. The molecule has 0 saturated carbocycles. The van der Waals surface area contributed by atoms with Crippen LogP contribution in [0.25, 0.3) is 0 Å². The van der Waals surface area contributed by atoms with Crippen molar-refractivity contribution < 1.29 is 14.3 Å². The molecular formula is C15H23N3O3. The summed E-state index contributed by atoms with van der Waals surface area (Å²) in [4.78, 5) is 14.0. The molecule has 0 radical (unpaired) electrons. The molecule has 0 bridgehead atoms. The van der Waals surface area contributed by atoms with Gasteiger partial charge in [-0.1, -0.05) is 6.07 Å². The van der Waals surface area contributed by atoms with Crippen molar-refractivity contribution >= 4 is 17.3 Å². The van der Waals surface area contributed by atoms with Crippen LogP contribution >= 0.6 is 0 Å². The van der Waals surface area contributed by atoms with Crippen molar-refractivity contribution in [2.75, 3.05) is 57.6 Å². The maximum Gasteiger partial charge on any atom is 0.340 e. The van der Waals surface area contributed by atoms with Gasteiger partial charge in [-0.05, 0) is 25.1 Å². The van der Waals surface area contributed by atoms with Crippen LogP contribution in [-0.2, 0) is 9.47 Å². The Morgan fingerprint density at radius 2 is 2.19 bits per heavy atom. The minimum absolute atomic E-state index is 0.399. The van der Waals surface area contributed by atoms with Gasteiger partial charge < -0.3 is 20.5 Å². The van der Waals surface area contributed by atoms with E-state index in [-0.39, 0.29) is 0 Å². The molecule has 6 nitrogen and oxygen atoms in total. The van der Waals surface area contributed by atoms with Gasteiger partial charge >= 0.3 is 5.97 Å². The van der Waals surface area contributed by atoms with Gasteiger partial charge in [0.1, 0.15) is 0 Å². The number of anilines is 2. The zero-order chi connectivity index (χ0) is 15.1. The van der Waals surface area contributed by atoms with E-state index in [0.29, 0.717) is 11.3 Å². The van der Waals surface area contributed by atoms with E-state index in [1.54, 1.807) is 12.1 Å². The third-order valence-corrected chi connectivity index (χ3v) is 3.58. The average molecular weight is 293 g/mol. The lowest BCUT2D eigenvalue weighted by molar-refractivity contribution is 0.0378. The van der Waals surface area contributed by atoms with Crippen molar-refractivity contribution in [3.8, 4) is 0 Å². The van der Waals surface area contributed by atoms with Crippen LogP contribution in [0.4, 0.5) is 11.4 Å². The number of hydrogen-bond donors (Lipinski definition) is 2. The Morgan fingerprint density at radius 1 is 1.43 bits per heavy atom. The maximum atomic E-state index is 11.6. The number of morpholine rings is 1. The Labute approximate surface area is 125 Å². The Bertz CT molecular complexity index is 473. The summed E-state index contributed by atoms with van der Waals surface area (Å²) in [5.41, 5.74) is 7.61. The number of nitrogens with two attached hydrogens (primary N) is 1. The number of carbonyl (C=O) groups is 1. The SMILES string of the molecule is COC(=O)c1cccc(NCCCN2CCOCC2)c1N. The number of methoxy groups -OCH3 is 1. The molecule has 116 valence electrons. The van der Waals surface area contributed by atoms with Gasteiger partial charge in [0.2, 0.25) is 0 Å². The number of ether oxygens (including phenoxy) is 2. The van der Waals surface area contributed by atoms with Gasteiger partial charge in [-0.3, -0.25) is 4.90 Å². The molecule has 1 aromatic rings. The molecule has 0 amide bonds. The first-order chi connectivity index (χ1) is 10.2. The van der Waals surface area contributed by atoms with E-state index in [2.05, 4.69) is 10.2 Å². The second-order valence-electron chi connectivity index (χ2n) is 4.99. The van der Waals surface area contributed by atoms with E-state index in [4.69, 9.17) is 15.2 Å².